The molecule has 9 aromatic carbocycles. The minimum atomic E-state index is 0.141. The van der Waals surface area contributed by atoms with Gasteiger partial charge in [-0.05, 0) is 123 Å². The van der Waals surface area contributed by atoms with E-state index in [0.29, 0.717) is 0 Å². The van der Waals surface area contributed by atoms with Crippen molar-refractivity contribution in [3.8, 4) is 33.4 Å². The maximum atomic E-state index is 6.91. The molecule has 0 saturated heterocycles. The van der Waals surface area contributed by atoms with Crippen LogP contribution in [0.4, 0.5) is 0 Å². The van der Waals surface area contributed by atoms with Gasteiger partial charge in [0.15, 0.2) is 0 Å². The number of furan rings is 1. The van der Waals surface area contributed by atoms with Crippen LogP contribution in [0.3, 0.4) is 0 Å². The van der Waals surface area contributed by atoms with Gasteiger partial charge in [0.1, 0.15) is 11.2 Å². The minimum Gasteiger partial charge on any atom is -0.455 e. The molecule has 0 aliphatic carbocycles. The standard InChI is InChI=1S/C61H47NO/c1-3-41-39-57(54-24-14-26-58-60(54)55-25-13-23-53(61(55)63-58)50-22-12-21-46(36-50)42-15-6-4-7-16-42)62-56(34-27-40(2)59(41)52-33-28-44-19-10-11-20-45(44)38-52)51-32-31-48-35-47(29-30-49(48)37-51)43-17-8-5-9-18-43/h4-26,28-33,35-39,41H,3,27,34H2,1-2H3/b57-39-,59-40-,62-56+. The van der Waals surface area contributed by atoms with Gasteiger partial charge in [-0.3, -0.25) is 4.99 Å². The van der Waals surface area contributed by atoms with E-state index < -0.39 is 0 Å². The summed E-state index contributed by atoms with van der Waals surface area (Å²) in [5.41, 5.74) is 17.2. The van der Waals surface area contributed by atoms with Crippen LogP contribution in [0.15, 0.2) is 221 Å². The van der Waals surface area contributed by atoms with Gasteiger partial charge in [0.2, 0.25) is 0 Å². The molecule has 0 fully saturated rings. The summed E-state index contributed by atoms with van der Waals surface area (Å²) >= 11 is 0. The molecule has 2 nitrogen and oxygen atoms in total. The molecule has 0 bridgehead atoms. The largest absolute Gasteiger partial charge is 0.455 e. The first-order valence-corrected chi connectivity index (χ1v) is 22.3. The molecule has 0 spiro atoms. The van der Waals surface area contributed by atoms with Crippen LogP contribution in [0.25, 0.3) is 88.1 Å². The van der Waals surface area contributed by atoms with E-state index in [9.17, 15) is 0 Å². The number of rotatable bonds is 7. The number of benzene rings is 9. The van der Waals surface area contributed by atoms with E-state index in [1.165, 1.54) is 60.5 Å². The fraction of sp³-hybridized carbons (Fsp3) is 0.0984. The maximum absolute atomic E-state index is 6.91. The van der Waals surface area contributed by atoms with Crippen molar-refractivity contribution in [3.63, 3.8) is 0 Å². The van der Waals surface area contributed by atoms with Crippen molar-refractivity contribution in [2.24, 2.45) is 10.9 Å². The van der Waals surface area contributed by atoms with Crippen LogP contribution >= 0.6 is 0 Å². The van der Waals surface area contributed by atoms with Crippen LogP contribution in [-0.4, -0.2) is 5.71 Å². The third-order valence-electron chi connectivity index (χ3n) is 13.0. The van der Waals surface area contributed by atoms with E-state index in [1.807, 2.05) is 0 Å². The number of allylic oxidation sites excluding steroid dienone is 3. The first-order valence-electron chi connectivity index (χ1n) is 22.3. The Labute approximate surface area is 369 Å². The number of aliphatic imine (C=N–C) groups is 1. The second-order valence-electron chi connectivity index (χ2n) is 16.9. The fourth-order valence-electron chi connectivity index (χ4n) is 9.79. The van der Waals surface area contributed by atoms with E-state index in [2.05, 4.69) is 220 Å². The number of fused-ring (bicyclic) bond motifs is 5. The first kappa shape index (κ1) is 38.4. The van der Waals surface area contributed by atoms with E-state index >= 15 is 0 Å². The zero-order valence-corrected chi connectivity index (χ0v) is 35.7. The van der Waals surface area contributed by atoms with Crippen LogP contribution in [0.5, 0.6) is 0 Å². The zero-order chi connectivity index (χ0) is 42.3. The molecule has 0 radical (unpaired) electrons. The molecule has 0 amide bonds. The summed E-state index contributed by atoms with van der Waals surface area (Å²) < 4.78 is 6.91. The fourth-order valence-corrected chi connectivity index (χ4v) is 9.79. The predicted molar refractivity (Wildman–Crippen MR) is 268 cm³/mol. The van der Waals surface area contributed by atoms with Crippen LogP contribution < -0.4 is 0 Å². The molecule has 302 valence electrons. The van der Waals surface area contributed by atoms with Gasteiger partial charge in [-0.25, -0.2) is 0 Å². The third-order valence-corrected chi connectivity index (χ3v) is 13.0. The molecule has 0 N–H and O–H groups in total. The van der Waals surface area contributed by atoms with Crippen molar-refractivity contribution in [1.82, 2.24) is 0 Å². The number of para-hydroxylation sites is 1. The topological polar surface area (TPSA) is 25.5 Å². The molecule has 1 unspecified atom stereocenters. The Balaban J connectivity index is 1.09. The van der Waals surface area contributed by atoms with Crippen molar-refractivity contribution < 1.29 is 4.42 Å². The lowest BCUT2D eigenvalue weighted by Gasteiger charge is -2.21. The molecule has 10 aromatic rings. The average molecular weight is 810 g/mol. The molecule has 1 aliphatic heterocycles. The van der Waals surface area contributed by atoms with Crippen LogP contribution in [0.2, 0.25) is 0 Å². The predicted octanol–water partition coefficient (Wildman–Crippen LogP) is 17.0. The molecule has 11 rings (SSSR count). The van der Waals surface area contributed by atoms with Crippen molar-refractivity contribution in [2.75, 3.05) is 0 Å². The third kappa shape index (κ3) is 7.28. The average Bonchev–Trinajstić information content (AvgIpc) is 3.76. The zero-order valence-electron chi connectivity index (χ0n) is 35.7. The normalized spacial score (nSPS) is 17.5. The maximum Gasteiger partial charge on any atom is 0.143 e. The summed E-state index contributed by atoms with van der Waals surface area (Å²) in [6, 6.07) is 72.4. The van der Waals surface area contributed by atoms with Crippen LogP contribution in [0.1, 0.15) is 49.8 Å². The van der Waals surface area contributed by atoms with E-state index in [-0.39, 0.29) is 5.92 Å². The van der Waals surface area contributed by atoms with Gasteiger partial charge in [-0.2, -0.15) is 0 Å². The molecule has 1 aliphatic rings. The van der Waals surface area contributed by atoms with Gasteiger partial charge in [-0.1, -0.05) is 188 Å². The monoisotopic (exact) mass is 809 g/mol. The lowest BCUT2D eigenvalue weighted by atomic mass is 9.84. The van der Waals surface area contributed by atoms with Crippen LogP contribution in [-0.2, 0) is 0 Å². The van der Waals surface area contributed by atoms with Crippen LogP contribution in [0, 0.1) is 5.92 Å². The highest BCUT2D eigenvalue weighted by atomic mass is 16.3. The molecule has 2 heteroatoms. The van der Waals surface area contributed by atoms with E-state index in [4.69, 9.17) is 9.41 Å². The Hall–Kier alpha value is -7.55. The van der Waals surface area contributed by atoms with Crippen molar-refractivity contribution >= 4 is 60.5 Å². The Morgan fingerprint density at radius 3 is 1.83 bits per heavy atom. The molecule has 2 heterocycles. The molecule has 1 atom stereocenters. The number of hydrogen-bond donors (Lipinski definition) is 0. The summed E-state index contributed by atoms with van der Waals surface area (Å²) in [6.07, 6.45) is 5.12. The summed E-state index contributed by atoms with van der Waals surface area (Å²) in [6.45, 7) is 4.65. The van der Waals surface area contributed by atoms with Gasteiger partial charge in [-0.15, -0.1) is 0 Å². The lowest BCUT2D eigenvalue weighted by Crippen LogP contribution is -2.04. The summed E-state index contributed by atoms with van der Waals surface area (Å²) in [5.74, 6) is 0.141. The lowest BCUT2D eigenvalue weighted by molar-refractivity contribution is 0.670. The summed E-state index contributed by atoms with van der Waals surface area (Å²) in [5, 5.41) is 7.14. The van der Waals surface area contributed by atoms with E-state index in [1.54, 1.807) is 0 Å². The molecule has 0 saturated carbocycles. The first-order chi connectivity index (χ1) is 31.1. The molecular formula is C61H47NO. The van der Waals surface area contributed by atoms with Gasteiger partial charge in [0, 0.05) is 33.5 Å². The smallest absolute Gasteiger partial charge is 0.143 e. The Morgan fingerprint density at radius 2 is 1.05 bits per heavy atom. The van der Waals surface area contributed by atoms with Gasteiger partial charge in [0.05, 0.1) is 5.70 Å². The number of hydrogen-bond acceptors (Lipinski definition) is 2. The van der Waals surface area contributed by atoms with Crippen molar-refractivity contribution in [1.29, 1.82) is 0 Å². The molecule has 1 aromatic heterocycles. The highest BCUT2D eigenvalue weighted by Crippen LogP contribution is 2.43. The van der Waals surface area contributed by atoms with Gasteiger partial charge < -0.3 is 4.42 Å². The minimum absolute atomic E-state index is 0.141. The summed E-state index contributed by atoms with van der Waals surface area (Å²) in [4.78, 5) is 5.79. The van der Waals surface area contributed by atoms with Crippen molar-refractivity contribution in [3.05, 3.63) is 229 Å². The Bertz CT molecular complexity index is 3440. The van der Waals surface area contributed by atoms with Crippen molar-refractivity contribution in [2.45, 2.75) is 33.1 Å². The highest BCUT2D eigenvalue weighted by Gasteiger charge is 2.23. The quantitative estimate of drug-likeness (QED) is 0.157. The van der Waals surface area contributed by atoms with E-state index in [0.717, 1.165) is 74.9 Å². The van der Waals surface area contributed by atoms with Gasteiger partial charge >= 0.3 is 0 Å². The second kappa shape index (κ2) is 16.4. The molecule has 63 heavy (non-hydrogen) atoms. The highest BCUT2D eigenvalue weighted by molar-refractivity contribution is 6.15. The Morgan fingerprint density at radius 1 is 0.476 bits per heavy atom. The summed E-state index contributed by atoms with van der Waals surface area (Å²) in [7, 11) is 0. The SMILES string of the molecule is CCC1/C=C(c2cccc3oc4c(-c5cccc(-c6ccccc6)c5)cccc4c23)\N=C(\c2ccc3cc(-c4ccccc4)ccc3c2)CC/C(C)=C/1c1ccc2ccccc2c1. The Kier molecular flexibility index (Phi) is 9.98. The molecular weight excluding hydrogens is 763 g/mol. The van der Waals surface area contributed by atoms with Gasteiger partial charge in [0.25, 0.3) is 0 Å². The second-order valence-corrected chi connectivity index (χ2v) is 16.9. The number of nitrogens with zero attached hydrogens (tertiary/aromatic N) is 1.